The van der Waals surface area contributed by atoms with Crippen LogP contribution in [-0.2, 0) is 9.47 Å². The SMILES string of the molecule is C[C@@H](c1ccc(F)cc1)c1c([N+]2(c3cnccn3)CCC3(CC2)OCCO3)cc(N)nc1N. The molecule has 5 rings (SSSR count). The fourth-order valence-electron chi connectivity index (χ4n) is 5.15. The van der Waals surface area contributed by atoms with Gasteiger partial charge in [0.1, 0.15) is 23.6 Å². The number of ether oxygens (including phenoxy) is 2. The Labute approximate surface area is 192 Å². The van der Waals surface area contributed by atoms with E-state index in [-0.39, 0.29) is 11.7 Å². The van der Waals surface area contributed by atoms with Crippen LogP contribution in [0.4, 0.5) is 27.5 Å². The summed E-state index contributed by atoms with van der Waals surface area (Å²) >= 11 is 0. The molecule has 0 amide bonds. The van der Waals surface area contributed by atoms with E-state index in [9.17, 15) is 4.39 Å². The van der Waals surface area contributed by atoms with Crippen LogP contribution in [-0.4, -0.2) is 47.0 Å². The van der Waals surface area contributed by atoms with Crippen LogP contribution < -0.4 is 16.0 Å². The minimum atomic E-state index is -0.559. The molecule has 4 heterocycles. The summed E-state index contributed by atoms with van der Waals surface area (Å²) in [5.41, 5.74) is 15.4. The van der Waals surface area contributed by atoms with Gasteiger partial charge in [0.05, 0.1) is 50.9 Å². The number of nitrogens with zero attached hydrogens (tertiary/aromatic N) is 4. The Bertz CT molecular complexity index is 1130. The molecule has 0 aliphatic carbocycles. The number of hydrogen-bond acceptors (Lipinski definition) is 7. The number of nitrogens with two attached hydrogens (primary N) is 2. The van der Waals surface area contributed by atoms with Crippen LogP contribution in [0.5, 0.6) is 0 Å². The lowest BCUT2D eigenvalue weighted by Gasteiger charge is -2.45. The summed E-state index contributed by atoms with van der Waals surface area (Å²) in [6.07, 6.45) is 6.52. The largest absolute Gasteiger partial charge is 0.383 e. The number of benzene rings is 1. The van der Waals surface area contributed by atoms with E-state index in [0.29, 0.717) is 55.3 Å². The zero-order valence-electron chi connectivity index (χ0n) is 18.6. The molecule has 33 heavy (non-hydrogen) atoms. The van der Waals surface area contributed by atoms with Crippen LogP contribution >= 0.6 is 0 Å². The smallest absolute Gasteiger partial charge is 0.251 e. The number of piperidine rings is 1. The van der Waals surface area contributed by atoms with Crippen molar-refractivity contribution in [3.63, 3.8) is 0 Å². The summed E-state index contributed by atoms with van der Waals surface area (Å²) in [6.45, 7) is 4.60. The Morgan fingerprint density at radius 1 is 1.06 bits per heavy atom. The van der Waals surface area contributed by atoms with Gasteiger partial charge in [-0.25, -0.2) is 18.8 Å². The van der Waals surface area contributed by atoms with E-state index in [4.69, 9.17) is 20.9 Å². The highest BCUT2D eigenvalue weighted by Crippen LogP contribution is 2.47. The minimum Gasteiger partial charge on any atom is -0.383 e. The quantitative estimate of drug-likeness (QED) is 0.584. The van der Waals surface area contributed by atoms with Crippen LogP contribution in [0.2, 0.25) is 0 Å². The van der Waals surface area contributed by atoms with Gasteiger partial charge in [0.2, 0.25) is 0 Å². The van der Waals surface area contributed by atoms with Crippen molar-refractivity contribution in [1.29, 1.82) is 0 Å². The molecule has 1 atom stereocenters. The van der Waals surface area contributed by atoms with Crippen molar-refractivity contribution in [2.45, 2.75) is 31.5 Å². The molecule has 8 nitrogen and oxygen atoms in total. The molecule has 0 radical (unpaired) electrons. The van der Waals surface area contributed by atoms with E-state index in [1.807, 2.05) is 13.0 Å². The number of rotatable bonds is 4. The van der Waals surface area contributed by atoms with Crippen molar-refractivity contribution in [3.8, 4) is 0 Å². The summed E-state index contributed by atoms with van der Waals surface area (Å²) in [4.78, 5) is 13.4. The highest BCUT2D eigenvalue weighted by molar-refractivity contribution is 5.71. The average molecular weight is 452 g/mol. The van der Waals surface area contributed by atoms with Gasteiger partial charge in [0.15, 0.2) is 11.5 Å². The van der Waals surface area contributed by atoms with E-state index in [1.165, 1.54) is 12.1 Å². The summed E-state index contributed by atoms with van der Waals surface area (Å²) in [6, 6.07) is 8.35. The molecule has 2 saturated heterocycles. The first-order chi connectivity index (χ1) is 15.9. The molecule has 1 aromatic carbocycles. The van der Waals surface area contributed by atoms with Crippen molar-refractivity contribution in [2.24, 2.45) is 0 Å². The third kappa shape index (κ3) is 3.82. The maximum absolute atomic E-state index is 13.6. The van der Waals surface area contributed by atoms with Gasteiger partial charge < -0.3 is 20.9 Å². The molecule has 2 fully saturated rings. The third-order valence-corrected chi connectivity index (χ3v) is 6.90. The standard InChI is InChI=1S/C24H28FN6O2/c1-16(17-2-4-18(25)5-3-17)22-19(14-20(26)30-23(22)27)31(21-15-28-8-9-29-21)10-6-24(7-11-31)32-12-13-33-24/h2-5,8-9,14-16H,6-7,10-13H2,1H3,(H4,26,27,30)/q+1/t16-/m0/s1. The Balaban J connectivity index is 1.66. The Kier molecular flexibility index (Phi) is 5.48. The molecule has 3 aromatic rings. The highest BCUT2D eigenvalue weighted by atomic mass is 19.1. The van der Waals surface area contributed by atoms with Crippen LogP contribution in [0.15, 0.2) is 48.9 Å². The van der Waals surface area contributed by atoms with Gasteiger partial charge in [0, 0.05) is 18.2 Å². The first-order valence-corrected chi connectivity index (χ1v) is 11.2. The molecular weight excluding hydrogens is 423 g/mol. The monoisotopic (exact) mass is 451 g/mol. The Morgan fingerprint density at radius 2 is 1.76 bits per heavy atom. The van der Waals surface area contributed by atoms with Gasteiger partial charge in [-0.2, -0.15) is 0 Å². The lowest BCUT2D eigenvalue weighted by molar-refractivity contribution is -0.180. The number of pyridine rings is 1. The van der Waals surface area contributed by atoms with Crippen molar-refractivity contribution in [2.75, 3.05) is 37.8 Å². The van der Waals surface area contributed by atoms with Crippen LogP contribution in [0.1, 0.15) is 36.8 Å². The van der Waals surface area contributed by atoms with Crippen molar-refractivity contribution in [3.05, 3.63) is 65.9 Å². The predicted molar refractivity (Wildman–Crippen MR) is 124 cm³/mol. The molecule has 0 saturated carbocycles. The number of quaternary nitrogens is 1. The normalized spacial score (nSPS) is 20.1. The second-order valence-electron chi connectivity index (χ2n) is 8.72. The topological polar surface area (TPSA) is 109 Å². The summed E-state index contributed by atoms with van der Waals surface area (Å²) in [5.74, 6) is 0.509. The summed E-state index contributed by atoms with van der Waals surface area (Å²) in [7, 11) is 0. The van der Waals surface area contributed by atoms with E-state index >= 15 is 0 Å². The molecule has 9 heteroatoms. The molecule has 0 bridgehead atoms. The van der Waals surface area contributed by atoms with E-state index < -0.39 is 5.79 Å². The van der Waals surface area contributed by atoms with Gasteiger partial charge in [-0.05, 0) is 17.7 Å². The fourth-order valence-corrected chi connectivity index (χ4v) is 5.15. The first kappa shape index (κ1) is 21.7. The van der Waals surface area contributed by atoms with Gasteiger partial charge in [-0.15, -0.1) is 0 Å². The van der Waals surface area contributed by atoms with Crippen LogP contribution in [0.3, 0.4) is 0 Å². The molecule has 4 N–H and O–H groups in total. The average Bonchev–Trinajstić information content (AvgIpc) is 3.28. The zero-order valence-corrected chi connectivity index (χ0v) is 18.6. The molecule has 0 unspecified atom stereocenters. The second-order valence-corrected chi connectivity index (χ2v) is 8.72. The molecule has 2 aliphatic rings. The van der Waals surface area contributed by atoms with E-state index in [1.54, 1.807) is 30.7 Å². The fraction of sp³-hybridized carbons (Fsp3) is 0.375. The van der Waals surface area contributed by atoms with Gasteiger partial charge in [-0.3, -0.25) is 4.98 Å². The molecule has 2 aromatic heterocycles. The van der Waals surface area contributed by atoms with E-state index in [2.05, 4.69) is 15.0 Å². The Hall–Kier alpha value is -3.14. The second kappa shape index (κ2) is 8.33. The highest BCUT2D eigenvalue weighted by Gasteiger charge is 2.50. The minimum absolute atomic E-state index is 0.143. The van der Waals surface area contributed by atoms with Gasteiger partial charge >= 0.3 is 0 Å². The van der Waals surface area contributed by atoms with Crippen molar-refractivity contribution in [1.82, 2.24) is 19.4 Å². The zero-order chi connectivity index (χ0) is 23.1. The number of aromatic nitrogens is 3. The number of halogens is 1. The summed E-state index contributed by atoms with van der Waals surface area (Å²) in [5, 5.41) is 0. The lowest BCUT2D eigenvalue weighted by atomic mass is 9.89. The van der Waals surface area contributed by atoms with Crippen LogP contribution in [0, 0.1) is 5.82 Å². The first-order valence-electron chi connectivity index (χ1n) is 11.2. The van der Waals surface area contributed by atoms with Crippen molar-refractivity contribution >= 4 is 23.1 Å². The van der Waals surface area contributed by atoms with Gasteiger partial charge in [-0.1, -0.05) is 19.1 Å². The molecule has 2 aliphatic heterocycles. The maximum Gasteiger partial charge on any atom is 0.251 e. The Morgan fingerprint density at radius 3 is 2.39 bits per heavy atom. The number of anilines is 2. The third-order valence-electron chi connectivity index (χ3n) is 6.90. The number of hydrogen-bond donors (Lipinski definition) is 2. The predicted octanol–water partition coefficient (Wildman–Crippen LogP) is 3.50. The number of nitrogen functional groups attached to an aromatic ring is 2. The van der Waals surface area contributed by atoms with Crippen LogP contribution in [0.25, 0.3) is 0 Å². The molecule has 1 spiro atoms. The van der Waals surface area contributed by atoms with E-state index in [0.717, 1.165) is 22.6 Å². The van der Waals surface area contributed by atoms with Crippen molar-refractivity contribution < 1.29 is 13.9 Å². The summed E-state index contributed by atoms with van der Waals surface area (Å²) < 4.78 is 26.0. The molecule has 172 valence electrons. The molecular formula is C24H28FN6O2+. The lowest BCUT2D eigenvalue weighted by Crippen LogP contribution is -2.56. The van der Waals surface area contributed by atoms with Gasteiger partial charge in [0.25, 0.3) is 5.82 Å². The maximum atomic E-state index is 13.6.